The number of hydrogen-bond acceptors (Lipinski definition) is 2. The maximum Gasteiger partial charge on any atom is 0.268 e. The summed E-state index contributed by atoms with van der Waals surface area (Å²) in [6.45, 7) is 0. The van der Waals surface area contributed by atoms with Crippen molar-refractivity contribution in [2.45, 2.75) is 6.04 Å². The first-order valence-electron chi connectivity index (χ1n) is 6.92. The van der Waals surface area contributed by atoms with E-state index in [1.54, 1.807) is 36.8 Å². The highest BCUT2D eigenvalue weighted by Crippen LogP contribution is 2.21. The second-order valence-corrected chi connectivity index (χ2v) is 6.00. The van der Waals surface area contributed by atoms with Crippen LogP contribution < -0.4 is 5.32 Å². The molecule has 23 heavy (non-hydrogen) atoms. The average Bonchev–Trinajstić information content (AvgIpc) is 3.14. The van der Waals surface area contributed by atoms with Crippen LogP contribution in [0.2, 0.25) is 0 Å². The van der Waals surface area contributed by atoms with Crippen LogP contribution in [0.5, 0.6) is 0 Å². The standard InChI is InChI=1S/C16H14BrFN4O/c1-22-7-6-19-15(22)14(10-2-4-12(18)5-3-10)21-16(23)13-8-11(17)9-20-13/h2-9,14,20H,1H3,(H,21,23)/t14-/m1/s1. The number of aromatic amines is 1. The minimum atomic E-state index is -0.481. The van der Waals surface area contributed by atoms with Crippen LogP contribution in [0.15, 0.2) is 53.4 Å². The van der Waals surface area contributed by atoms with E-state index in [1.807, 2.05) is 11.6 Å². The number of halogens is 2. The van der Waals surface area contributed by atoms with Crippen LogP contribution in [-0.2, 0) is 7.05 Å². The molecule has 2 N–H and O–H groups in total. The highest BCUT2D eigenvalue weighted by Gasteiger charge is 2.22. The Balaban J connectivity index is 1.94. The SMILES string of the molecule is Cn1ccnc1[C@H](NC(=O)c1cc(Br)c[nH]1)c1ccc(F)cc1. The molecule has 0 spiro atoms. The number of carbonyl (C=O) groups is 1. The third-order valence-corrected chi connectivity index (χ3v) is 3.95. The molecule has 0 aliphatic rings. The Kier molecular flexibility index (Phi) is 4.29. The summed E-state index contributed by atoms with van der Waals surface area (Å²) in [5.74, 6) is 0.0653. The molecule has 0 saturated carbocycles. The molecule has 2 aromatic heterocycles. The average molecular weight is 377 g/mol. The Bertz CT molecular complexity index is 825. The van der Waals surface area contributed by atoms with E-state index in [2.05, 4.69) is 31.2 Å². The molecule has 5 nitrogen and oxygen atoms in total. The van der Waals surface area contributed by atoms with E-state index in [9.17, 15) is 9.18 Å². The van der Waals surface area contributed by atoms with Crippen molar-refractivity contribution >= 4 is 21.8 Å². The van der Waals surface area contributed by atoms with E-state index in [1.165, 1.54) is 12.1 Å². The molecule has 2 heterocycles. The van der Waals surface area contributed by atoms with Gasteiger partial charge in [-0.2, -0.15) is 0 Å². The van der Waals surface area contributed by atoms with E-state index in [-0.39, 0.29) is 11.7 Å². The number of amides is 1. The second kappa shape index (κ2) is 6.37. The highest BCUT2D eigenvalue weighted by molar-refractivity contribution is 9.10. The first-order valence-corrected chi connectivity index (χ1v) is 7.71. The van der Waals surface area contributed by atoms with E-state index in [0.717, 1.165) is 10.0 Å². The first kappa shape index (κ1) is 15.5. The summed E-state index contributed by atoms with van der Waals surface area (Å²) in [6.07, 6.45) is 5.13. The van der Waals surface area contributed by atoms with Crippen LogP contribution in [-0.4, -0.2) is 20.4 Å². The topological polar surface area (TPSA) is 62.7 Å². The van der Waals surface area contributed by atoms with Gasteiger partial charge in [0.2, 0.25) is 0 Å². The zero-order valence-electron chi connectivity index (χ0n) is 12.3. The Labute approximate surface area is 140 Å². The molecule has 0 radical (unpaired) electrons. The number of carbonyl (C=O) groups excluding carboxylic acids is 1. The van der Waals surface area contributed by atoms with Gasteiger partial charge in [-0.05, 0) is 39.7 Å². The summed E-state index contributed by atoms with van der Waals surface area (Å²) in [4.78, 5) is 19.6. The molecular formula is C16H14BrFN4O. The van der Waals surface area contributed by atoms with E-state index in [4.69, 9.17) is 0 Å². The Morgan fingerprint density at radius 1 is 1.39 bits per heavy atom. The monoisotopic (exact) mass is 376 g/mol. The van der Waals surface area contributed by atoms with Crippen molar-refractivity contribution in [3.05, 3.63) is 76.3 Å². The number of hydrogen-bond donors (Lipinski definition) is 2. The lowest BCUT2D eigenvalue weighted by molar-refractivity contribution is 0.0936. The number of nitrogens with one attached hydrogen (secondary N) is 2. The molecular weight excluding hydrogens is 363 g/mol. The molecule has 1 amide bonds. The van der Waals surface area contributed by atoms with Gasteiger partial charge in [-0.1, -0.05) is 12.1 Å². The zero-order chi connectivity index (χ0) is 16.4. The number of aryl methyl sites for hydroxylation is 1. The summed E-state index contributed by atoms with van der Waals surface area (Å²) in [7, 11) is 1.84. The van der Waals surface area contributed by atoms with Crippen molar-refractivity contribution in [3.8, 4) is 0 Å². The van der Waals surface area contributed by atoms with E-state index in [0.29, 0.717) is 11.5 Å². The second-order valence-electron chi connectivity index (χ2n) is 5.09. The van der Waals surface area contributed by atoms with Crippen LogP contribution in [0.3, 0.4) is 0 Å². The van der Waals surface area contributed by atoms with Crippen LogP contribution in [0.25, 0.3) is 0 Å². The molecule has 1 atom stereocenters. The fourth-order valence-electron chi connectivity index (χ4n) is 2.32. The lowest BCUT2D eigenvalue weighted by Crippen LogP contribution is -2.31. The molecule has 0 aliphatic carbocycles. The van der Waals surface area contributed by atoms with Gasteiger partial charge in [-0.15, -0.1) is 0 Å². The minimum Gasteiger partial charge on any atom is -0.356 e. The van der Waals surface area contributed by atoms with E-state index < -0.39 is 6.04 Å². The molecule has 0 bridgehead atoms. The Morgan fingerprint density at radius 3 is 2.70 bits per heavy atom. The molecule has 0 fully saturated rings. The largest absolute Gasteiger partial charge is 0.356 e. The van der Waals surface area contributed by atoms with Gasteiger partial charge in [0.1, 0.15) is 23.4 Å². The van der Waals surface area contributed by atoms with Crippen LogP contribution in [0.4, 0.5) is 4.39 Å². The summed E-state index contributed by atoms with van der Waals surface area (Å²) < 4.78 is 15.8. The maximum absolute atomic E-state index is 13.2. The van der Waals surface area contributed by atoms with Crippen molar-refractivity contribution in [2.75, 3.05) is 0 Å². The predicted molar refractivity (Wildman–Crippen MR) is 87.4 cm³/mol. The zero-order valence-corrected chi connectivity index (χ0v) is 13.8. The molecule has 3 rings (SSSR count). The summed E-state index contributed by atoms with van der Waals surface area (Å²) in [5, 5.41) is 2.93. The van der Waals surface area contributed by atoms with E-state index >= 15 is 0 Å². The Hall–Kier alpha value is -2.41. The molecule has 0 unspecified atom stereocenters. The minimum absolute atomic E-state index is 0.270. The molecule has 1 aromatic carbocycles. The van der Waals surface area contributed by atoms with Crippen molar-refractivity contribution in [1.82, 2.24) is 19.9 Å². The number of H-pyrrole nitrogens is 1. The fourth-order valence-corrected chi connectivity index (χ4v) is 2.66. The fraction of sp³-hybridized carbons (Fsp3) is 0.125. The third-order valence-electron chi connectivity index (χ3n) is 3.49. The smallest absolute Gasteiger partial charge is 0.268 e. The molecule has 7 heteroatoms. The number of benzene rings is 1. The van der Waals surface area contributed by atoms with Gasteiger partial charge in [0.05, 0.1) is 0 Å². The predicted octanol–water partition coefficient (Wildman–Crippen LogP) is 3.17. The quantitative estimate of drug-likeness (QED) is 0.734. The lowest BCUT2D eigenvalue weighted by atomic mass is 10.1. The Morgan fingerprint density at radius 2 is 2.13 bits per heavy atom. The van der Waals surface area contributed by atoms with Crippen molar-refractivity contribution in [2.24, 2.45) is 7.05 Å². The third kappa shape index (κ3) is 3.34. The normalized spacial score (nSPS) is 12.1. The maximum atomic E-state index is 13.2. The number of aromatic nitrogens is 3. The van der Waals surface area contributed by atoms with Gasteiger partial charge in [-0.3, -0.25) is 4.79 Å². The molecule has 0 saturated heterocycles. The van der Waals surface area contributed by atoms with Crippen molar-refractivity contribution in [1.29, 1.82) is 0 Å². The van der Waals surface area contributed by atoms with Gasteiger partial charge in [0.25, 0.3) is 5.91 Å². The summed E-state index contributed by atoms with van der Waals surface area (Å²) in [5.41, 5.74) is 1.18. The van der Waals surface area contributed by atoms with Crippen molar-refractivity contribution < 1.29 is 9.18 Å². The van der Waals surface area contributed by atoms with Crippen LogP contribution >= 0.6 is 15.9 Å². The number of nitrogens with zero attached hydrogens (tertiary/aromatic N) is 2. The summed E-state index contributed by atoms with van der Waals surface area (Å²) in [6, 6.07) is 7.21. The van der Waals surface area contributed by atoms with Gasteiger partial charge in [0.15, 0.2) is 0 Å². The molecule has 118 valence electrons. The van der Waals surface area contributed by atoms with Gasteiger partial charge in [0, 0.05) is 30.1 Å². The van der Waals surface area contributed by atoms with Gasteiger partial charge < -0.3 is 14.9 Å². The molecule has 3 aromatic rings. The van der Waals surface area contributed by atoms with Crippen LogP contribution in [0, 0.1) is 5.82 Å². The lowest BCUT2D eigenvalue weighted by Gasteiger charge is -2.19. The summed E-state index contributed by atoms with van der Waals surface area (Å²) >= 11 is 3.30. The van der Waals surface area contributed by atoms with Crippen LogP contribution in [0.1, 0.15) is 27.9 Å². The number of rotatable bonds is 4. The van der Waals surface area contributed by atoms with Gasteiger partial charge >= 0.3 is 0 Å². The number of imidazole rings is 1. The highest BCUT2D eigenvalue weighted by atomic mass is 79.9. The van der Waals surface area contributed by atoms with Crippen molar-refractivity contribution in [3.63, 3.8) is 0 Å². The first-order chi connectivity index (χ1) is 11.0. The molecule has 0 aliphatic heterocycles. The van der Waals surface area contributed by atoms with Gasteiger partial charge in [-0.25, -0.2) is 9.37 Å².